The Labute approximate surface area is 170 Å². The van der Waals surface area contributed by atoms with Crippen LogP contribution in [0.1, 0.15) is 35.2 Å². The number of carbonyl (C=O) groups excluding carboxylic acids is 1. The molecule has 2 aromatic heterocycles. The van der Waals surface area contributed by atoms with E-state index < -0.39 is 12.1 Å². The zero-order valence-corrected chi connectivity index (χ0v) is 16.6. The van der Waals surface area contributed by atoms with E-state index in [1.165, 1.54) is 0 Å². The summed E-state index contributed by atoms with van der Waals surface area (Å²) in [6, 6.07) is 3.99. The number of hydrogen-bond acceptors (Lipinski definition) is 5. The Kier molecular flexibility index (Phi) is 6.20. The highest BCUT2D eigenvalue weighted by Gasteiger charge is 2.38. The van der Waals surface area contributed by atoms with Gasteiger partial charge < -0.3 is 19.0 Å². The molecule has 0 aromatic carbocycles. The molecule has 1 unspecified atom stereocenters. The summed E-state index contributed by atoms with van der Waals surface area (Å²) in [4.78, 5) is 30.5. The first-order valence-corrected chi connectivity index (χ1v) is 9.43. The van der Waals surface area contributed by atoms with Gasteiger partial charge in [-0.05, 0) is 25.5 Å². The highest BCUT2D eigenvalue weighted by Crippen LogP contribution is 2.31. The van der Waals surface area contributed by atoms with Gasteiger partial charge in [-0.2, -0.15) is 13.2 Å². The Balaban J connectivity index is 0.000000318. The number of amides is 1. The quantitative estimate of drug-likeness (QED) is 0.807. The monoisotopic (exact) mass is 428 g/mol. The van der Waals surface area contributed by atoms with E-state index in [1.807, 2.05) is 41.9 Å². The van der Waals surface area contributed by atoms with Crippen molar-refractivity contribution in [1.29, 1.82) is 0 Å². The third-order valence-electron chi connectivity index (χ3n) is 5.09. The van der Waals surface area contributed by atoms with Gasteiger partial charge in [0.15, 0.2) is 0 Å². The molecule has 0 bridgehead atoms. The van der Waals surface area contributed by atoms with Gasteiger partial charge in [0.2, 0.25) is 5.91 Å². The molecule has 4 heterocycles. The highest BCUT2D eigenvalue weighted by molar-refractivity contribution is 5.84. The van der Waals surface area contributed by atoms with Crippen molar-refractivity contribution >= 4 is 11.9 Å². The van der Waals surface area contributed by atoms with Crippen LogP contribution in [0.3, 0.4) is 0 Å². The fraction of sp³-hybridized carbons (Fsp3) is 0.526. The number of rotatable bonds is 3. The van der Waals surface area contributed by atoms with Crippen LogP contribution in [0.4, 0.5) is 13.2 Å². The number of aryl methyl sites for hydroxylation is 2. The molecule has 1 amide bonds. The number of likely N-dealkylation sites (tertiary alicyclic amines) is 1. The van der Waals surface area contributed by atoms with Gasteiger partial charge in [0, 0.05) is 33.2 Å². The number of carbonyl (C=O) groups is 2. The van der Waals surface area contributed by atoms with Gasteiger partial charge in [-0.25, -0.2) is 9.78 Å². The molecule has 2 aliphatic heterocycles. The molecule has 4 rings (SSSR count). The molecule has 2 aliphatic rings. The van der Waals surface area contributed by atoms with Crippen LogP contribution in [-0.2, 0) is 29.7 Å². The summed E-state index contributed by atoms with van der Waals surface area (Å²) in [5.74, 6) is -0.780. The topological polar surface area (TPSA) is 91.8 Å². The Morgan fingerprint density at radius 3 is 2.47 bits per heavy atom. The molecule has 0 aliphatic carbocycles. The number of furan rings is 1. The van der Waals surface area contributed by atoms with Crippen LogP contribution >= 0.6 is 0 Å². The smallest absolute Gasteiger partial charge is 0.475 e. The van der Waals surface area contributed by atoms with Gasteiger partial charge in [-0.15, -0.1) is 0 Å². The van der Waals surface area contributed by atoms with Crippen molar-refractivity contribution in [2.75, 3.05) is 19.6 Å². The van der Waals surface area contributed by atoms with Crippen LogP contribution in [0, 0.1) is 6.92 Å². The fourth-order valence-corrected chi connectivity index (χ4v) is 3.54. The normalized spacial score (nSPS) is 18.8. The maximum Gasteiger partial charge on any atom is 0.490 e. The van der Waals surface area contributed by atoms with Crippen molar-refractivity contribution in [2.24, 2.45) is 7.05 Å². The Bertz CT molecular complexity index is 917. The van der Waals surface area contributed by atoms with Gasteiger partial charge in [-0.1, -0.05) is 0 Å². The molecule has 0 saturated carbocycles. The predicted octanol–water partition coefficient (Wildman–Crippen LogP) is 2.29. The van der Waals surface area contributed by atoms with Gasteiger partial charge >= 0.3 is 12.1 Å². The molecule has 164 valence electrons. The maximum absolute atomic E-state index is 12.8. The molecule has 11 heteroatoms. The maximum atomic E-state index is 12.8. The second-order valence-corrected chi connectivity index (χ2v) is 7.40. The van der Waals surface area contributed by atoms with Crippen molar-refractivity contribution in [3.05, 3.63) is 41.4 Å². The number of nitrogens with zero attached hydrogens (tertiary/aromatic N) is 4. The highest BCUT2D eigenvalue weighted by atomic mass is 19.4. The first-order chi connectivity index (χ1) is 14.1. The van der Waals surface area contributed by atoms with E-state index in [0.717, 1.165) is 55.5 Å². The summed E-state index contributed by atoms with van der Waals surface area (Å²) >= 11 is 0. The number of aliphatic carboxylic acids is 1. The number of alkyl halides is 3. The van der Waals surface area contributed by atoms with Crippen LogP contribution < -0.4 is 0 Å². The molecule has 1 saturated heterocycles. The van der Waals surface area contributed by atoms with E-state index in [4.69, 9.17) is 14.3 Å². The zero-order chi connectivity index (χ0) is 22.1. The molecular weight excluding hydrogens is 405 g/mol. The van der Waals surface area contributed by atoms with E-state index in [9.17, 15) is 18.0 Å². The van der Waals surface area contributed by atoms with Crippen molar-refractivity contribution in [2.45, 2.75) is 38.5 Å². The Hall–Kier alpha value is -2.82. The number of hydrogen-bond donors (Lipinski definition) is 1. The molecule has 30 heavy (non-hydrogen) atoms. The lowest BCUT2D eigenvalue weighted by atomic mass is 9.95. The second kappa shape index (κ2) is 8.50. The average Bonchev–Trinajstić information content (AvgIpc) is 3.18. The van der Waals surface area contributed by atoms with E-state index >= 15 is 0 Å². The van der Waals surface area contributed by atoms with Gasteiger partial charge in [-0.3, -0.25) is 9.69 Å². The first kappa shape index (κ1) is 21.9. The van der Waals surface area contributed by atoms with Crippen LogP contribution in [0.2, 0.25) is 0 Å². The van der Waals surface area contributed by atoms with Gasteiger partial charge in [0.05, 0.1) is 30.2 Å². The lowest BCUT2D eigenvalue weighted by Crippen LogP contribution is -2.48. The van der Waals surface area contributed by atoms with Crippen molar-refractivity contribution in [1.82, 2.24) is 19.4 Å². The summed E-state index contributed by atoms with van der Waals surface area (Å²) < 4.78 is 39.4. The Morgan fingerprint density at radius 1 is 1.30 bits per heavy atom. The number of carboxylic acid groups (broad SMARTS) is 1. The van der Waals surface area contributed by atoms with Gasteiger partial charge in [0.1, 0.15) is 11.5 Å². The lowest BCUT2D eigenvalue weighted by molar-refractivity contribution is -0.192. The van der Waals surface area contributed by atoms with E-state index in [1.54, 1.807) is 0 Å². The summed E-state index contributed by atoms with van der Waals surface area (Å²) in [6.07, 6.45) is -2.15. The number of aromatic nitrogens is 2. The molecule has 1 fully saturated rings. The molecule has 8 nitrogen and oxygen atoms in total. The van der Waals surface area contributed by atoms with Gasteiger partial charge in [0.25, 0.3) is 0 Å². The van der Waals surface area contributed by atoms with E-state index in [2.05, 4.69) is 9.88 Å². The van der Waals surface area contributed by atoms with Crippen LogP contribution in [-0.4, -0.2) is 62.1 Å². The first-order valence-electron chi connectivity index (χ1n) is 9.43. The molecular formula is C19H23F3N4O4. The second-order valence-electron chi connectivity index (χ2n) is 7.40. The SMILES string of the molecule is Cc1ccc(CN2Cc3ncn(C)c3C(C(=O)N3CCC3)C2)o1.O=C(O)C(F)(F)F. The fourth-order valence-electron chi connectivity index (χ4n) is 3.54. The molecule has 0 spiro atoms. The zero-order valence-electron chi connectivity index (χ0n) is 16.6. The van der Waals surface area contributed by atoms with E-state index in [0.29, 0.717) is 6.54 Å². The summed E-state index contributed by atoms with van der Waals surface area (Å²) in [5.41, 5.74) is 2.09. The number of imidazole rings is 1. The van der Waals surface area contributed by atoms with Crippen LogP contribution in [0.5, 0.6) is 0 Å². The van der Waals surface area contributed by atoms with Crippen LogP contribution in [0.15, 0.2) is 22.9 Å². The van der Waals surface area contributed by atoms with Crippen molar-refractivity contribution in [3.63, 3.8) is 0 Å². The summed E-state index contributed by atoms with van der Waals surface area (Å²) in [5, 5.41) is 7.12. The predicted molar refractivity (Wildman–Crippen MR) is 98.4 cm³/mol. The minimum absolute atomic E-state index is 0.123. The van der Waals surface area contributed by atoms with Crippen molar-refractivity contribution < 1.29 is 32.3 Å². The number of halogens is 3. The standard InChI is InChI=1S/C17H22N4O2.C2HF3O2/c1-12-4-5-13(23-12)8-20-9-14(17(22)21-6-3-7-21)16-15(10-20)18-11-19(16)2;3-2(4,5)1(6)7/h4-5,11,14H,3,6-10H2,1-2H3;(H,6,7). The lowest BCUT2D eigenvalue weighted by Gasteiger charge is -2.38. The van der Waals surface area contributed by atoms with Crippen LogP contribution in [0.25, 0.3) is 0 Å². The minimum Gasteiger partial charge on any atom is -0.475 e. The van der Waals surface area contributed by atoms with Crippen molar-refractivity contribution in [3.8, 4) is 0 Å². The number of carboxylic acids is 1. The average molecular weight is 428 g/mol. The largest absolute Gasteiger partial charge is 0.490 e. The Morgan fingerprint density at radius 2 is 1.97 bits per heavy atom. The van der Waals surface area contributed by atoms with E-state index in [-0.39, 0.29) is 11.8 Å². The molecule has 0 radical (unpaired) electrons. The molecule has 1 atom stereocenters. The number of fused-ring (bicyclic) bond motifs is 1. The summed E-state index contributed by atoms with van der Waals surface area (Å²) in [6.45, 7) is 5.93. The minimum atomic E-state index is -5.08. The third kappa shape index (κ3) is 4.84. The summed E-state index contributed by atoms with van der Waals surface area (Å²) in [7, 11) is 1.98. The molecule has 2 aromatic rings. The third-order valence-corrected chi connectivity index (χ3v) is 5.09. The molecule has 1 N–H and O–H groups in total.